The number of nitrogens with one attached hydrogen (secondary N) is 1. The normalized spacial score (nSPS) is 12.4. The molecule has 0 radical (unpaired) electrons. The van der Waals surface area contributed by atoms with E-state index in [4.69, 9.17) is 16.3 Å². The molecule has 0 aliphatic carbocycles. The Balaban J connectivity index is 2.11. The molecule has 0 saturated heterocycles. The van der Waals surface area contributed by atoms with Gasteiger partial charge in [-0.1, -0.05) is 48.0 Å². The number of ether oxygens (including phenoxy) is 1. The number of halogens is 1. The van der Waals surface area contributed by atoms with Crippen molar-refractivity contribution in [2.75, 3.05) is 13.1 Å². The Kier molecular flexibility index (Phi) is 8.14. The first kappa shape index (κ1) is 21.3. The van der Waals surface area contributed by atoms with Gasteiger partial charge >= 0.3 is 0 Å². The summed E-state index contributed by atoms with van der Waals surface area (Å²) >= 11 is 6.33. The zero-order valence-electron chi connectivity index (χ0n) is 16.5. The maximum Gasteiger partial charge on any atom is 0.265 e. The fraction of sp³-hybridized carbons (Fsp3) is 0.409. The Morgan fingerprint density at radius 3 is 2.19 bits per heavy atom. The van der Waals surface area contributed by atoms with Gasteiger partial charge in [0.05, 0.1) is 0 Å². The molecule has 27 heavy (non-hydrogen) atoms. The van der Waals surface area contributed by atoms with Crippen LogP contribution in [0.3, 0.4) is 0 Å². The molecule has 0 aliphatic rings. The zero-order chi connectivity index (χ0) is 19.8. The van der Waals surface area contributed by atoms with Crippen molar-refractivity contribution < 1.29 is 9.53 Å². The highest BCUT2D eigenvalue weighted by atomic mass is 35.5. The third-order valence-electron chi connectivity index (χ3n) is 4.42. The molecule has 0 aromatic heterocycles. The Morgan fingerprint density at radius 2 is 1.59 bits per heavy atom. The van der Waals surface area contributed by atoms with Gasteiger partial charge in [-0.3, -0.25) is 9.69 Å². The highest BCUT2D eigenvalue weighted by molar-refractivity contribution is 6.31. The van der Waals surface area contributed by atoms with Crippen molar-refractivity contribution in [1.82, 2.24) is 10.2 Å². The quantitative estimate of drug-likeness (QED) is 0.677. The summed E-state index contributed by atoms with van der Waals surface area (Å²) in [5.74, 6) is 0.433. The lowest BCUT2D eigenvalue weighted by atomic mass is 10.1. The summed E-state index contributed by atoms with van der Waals surface area (Å²) < 4.78 is 5.99. The summed E-state index contributed by atoms with van der Waals surface area (Å²) in [5, 5.41) is 3.52. The number of hydrogen-bond acceptors (Lipinski definition) is 3. The van der Waals surface area contributed by atoms with Gasteiger partial charge < -0.3 is 10.1 Å². The lowest BCUT2D eigenvalue weighted by Gasteiger charge is -2.30. The maximum atomic E-state index is 12.9. The van der Waals surface area contributed by atoms with Crippen LogP contribution in [0.4, 0.5) is 0 Å². The van der Waals surface area contributed by atoms with Crippen LogP contribution in [0.15, 0.2) is 54.6 Å². The molecular formula is C22H29ClN2O2. The minimum absolute atomic E-state index is 0.195. The smallest absolute Gasteiger partial charge is 0.265 e. The summed E-state index contributed by atoms with van der Waals surface area (Å²) in [5.41, 5.74) is 0.657. The molecule has 0 unspecified atom stereocenters. The second-order valence-electron chi connectivity index (χ2n) is 7.05. The summed E-state index contributed by atoms with van der Waals surface area (Å²) in [6, 6.07) is 17.4. The first-order chi connectivity index (χ1) is 12.9. The van der Waals surface area contributed by atoms with Crippen molar-refractivity contribution in [1.29, 1.82) is 0 Å². The zero-order valence-corrected chi connectivity index (χ0v) is 17.2. The highest BCUT2D eigenvalue weighted by Crippen LogP contribution is 2.27. The van der Waals surface area contributed by atoms with Crippen molar-refractivity contribution in [2.24, 2.45) is 0 Å². The van der Waals surface area contributed by atoms with Crippen molar-refractivity contribution >= 4 is 17.5 Å². The van der Waals surface area contributed by atoms with Gasteiger partial charge in [-0.25, -0.2) is 0 Å². The topological polar surface area (TPSA) is 41.6 Å². The van der Waals surface area contributed by atoms with E-state index in [0.717, 1.165) is 6.54 Å². The summed E-state index contributed by atoms with van der Waals surface area (Å²) in [4.78, 5) is 15.2. The second kappa shape index (κ2) is 10.3. The van der Waals surface area contributed by atoms with Crippen LogP contribution >= 0.6 is 11.6 Å². The average molecular weight is 389 g/mol. The number of amides is 1. The molecule has 5 heteroatoms. The monoisotopic (exact) mass is 388 g/mol. The van der Waals surface area contributed by atoms with Crippen LogP contribution < -0.4 is 10.1 Å². The van der Waals surface area contributed by atoms with E-state index in [1.165, 1.54) is 0 Å². The van der Waals surface area contributed by atoms with Crippen LogP contribution in [-0.2, 0) is 4.79 Å². The van der Waals surface area contributed by atoms with Gasteiger partial charge in [0.15, 0.2) is 0 Å². The van der Waals surface area contributed by atoms with Crippen LogP contribution in [0.5, 0.6) is 5.75 Å². The molecule has 146 valence electrons. The van der Waals surface area contributed by atoms with Gasteiger partial charge in [-0.15, -0.1) is 0 Å². The van der Waals surface area contributed by atoms with Crippen molar-refractivity contribution in [3.05, 3.63) is 65.2 Å². The van der Waals surface area contributed by atoms with Crippen molar-refractivity contribution in [2.45, 2.75) is 45.9 Å². The van der Waals surface area contributed by atoms with Crippen LogP contribution in [-0.4, -0.2) is 36.0 Å². The second-order valence-corrected chi connectivity index (χ2v) is 7.46. The molecule has 1 amide bonds. The molecule has 1 N–H and O–H groups in total. The van der Waals surface area contributed by atoms with Gasteiger partial charge in [0, 0.05) is 35.8 Å². The van der Waals surface area contributed by atoms with E-state index >= 15 is 0 Å². The molecule has 1 atom stereocenters. The van der Waals surface area contributed by atoms with E-state index in [1.54, 1.807) is 6.07 Å². The SMILES string of the molecule is CC(C)N(CCNC(=O)[C@@H](Oc1ccccc1)c1ccccc1Cl)C(C)C. The fourth-order valence-corrected chi connectivity index (χ4v) is 3.33. The molecule has 2 rings (SSSR count). The van der Waals surface area contributed by atoms with Gasteiger partial charge in [0.1, 0.15) is 5.75 Å². The highest BCUT2D eigenvalue weighted by Gasteiger charge is 2.25. The lowest BCUT2D eigenvalue weighted by molar-refractivity contribution is -0.128. The summed E-state index contributed by atoms with van der Waals surface area (Å²) in [6.07, 6.45) is -0.798. The Hall–Kier alpha value is -2.04. The number of benzene rings is 2. The van der Waals surface area contributed by atoms with Crippen LogP contribution in [0.25, 0.3) is 0 Å². The number of para-hydroxylation sites is 1. The van der Waals surface area contributed by atoms with Gasteiger partial charge in [-0.05, 0) is 45.9 Å². The molecule has 0 saturated carbocycles. The Bertz CT molecular complexity index is 711. The number of rotatable bonds is 9. The van der Waals surface area contributed by atoms with Crippen LogP contribution in [0.1, 0.15) is 39.4 Å². The molecule has 0 fully saturated rings. The predicted molar refractivity (Wildman–Crippen MR) is 111 cm³/mol. The van der Waals surface area contributed by atoms with E-state index in [0.29, 0.717) is 35.0 Å². The van der Waals surface area contributed by atoms with E-state index in [9.17, 15) is 4.79 Å². The number of hydrogen-bond donors (Lipinski definition) is 1. The Labute approximate surface area is 167 Å². The van der Waals surface area contributed by atoms with Crippen LogP contribution in [0.2, 0.25) is 5.02 Å². The molecule has 4 nitrogen and oxygen atoms in total. The molecule has 0 heterocycles. The molecule has 0 spiro atoms. The maximum absolute atomic E-state index is 12.9. The van der Waals surface area contributed by atoms with Gasteiger partial charge in [0.2, 0.25) is 6.10 Å². The minimum atomic E-state index is -0.798. The van der Waals surface area contributed by atoms with Crippen LogP contribution in [0, 0.1) is 0 Å². The average Bonchev–Trinajstić information content (AvgIpc) is 2.64. The minimum Gasteiger partial charge on any atom is -0.476 e. The third-order valence-corrected chi connectivity index (χ3v) is 4.76. The van der Waals surface area contributed by atoms with Crippen molar-refractivity contribution in [3.63, 3.8) is 0 Å². The standard InChI is InChI=1S/C22H29ClN2O2/c1-16(2)25(17(3)4)15-14-24-22(26)21(19-12-8-9-13-20(19)23)27-18-10-6-5-7-11-18/h5-13,16-17,21H,14-15H2,1-4H3,(H,24,26)/t21-/m0/s1. The number of nitrogens with zero attached hydrogens (tertiary/aromatic N) is 1. The van der Waals surface area contributed by atoms with Gasteiger partial charge in [0.25, 0.3) is 5.91 Å². The first-order valence-electron chi connectivity index (χ1n) is 9.39. The molecular weight excluding hydrogens is 360 g/mol. The number of carbonyl (C=O) groups excluding carboxylic acids is 1. The lowest BCUT2D eigenvalue weighted by Crippen LogP contribution is -2.43. The molecule has 0 bridgehead atoms. The van der Waals surface area contributed by atoms with Crippen molar-refractivity contribution in [3.8, 4) is 5.75 Å². The third kappa shape index (κ3) is 6.26. The van der Waals surface area contributed by atoms with Gasteiger partial charge in [-0.2, -0.15) is 0 Å². The predicted octanol–water partition coefficient (Wildman–Crippen LogP) is 4.70. The summed E-state index contributed by atoms with van der Waals surface area (Å²) in [6.45, 7) is 9.97. The molecule has 0 aliphatic heterocycles. The van der Waals surface area contributed by atoms with E-state index in [2.05, 4.69) is 37.9 Å². The first-order valence-corrected chi connectivity index (χ1v) is 9.77. The van der Waals surface area contributed by atoms with E-state index in [-0.39, 0.29) is 5.91 Å². The van der Waals surface area contributed by atoms with E-state index < -0.39 is 6.10 Å². The fourth-order valence-electron chi connectivity index (χ4n) is 3.09. The molecule has 2 aromatic carbocycles. The molecule has 2 aromatic rings. The van der Waals surface area contributed by atoms with E-state index in [1.807, 2.05) is 48.5 Å². The largest absolute Gasteiger partial charge is 0.476 e. The Morgan fingerprint density at radius 1 is 1.00 bits per heavy atom. The summed E-state index contributed by atoms with van der Waals surface area (Å²) in [7, 11) is 0. The number of carbonyl (C=O) groups is 1.